The lowest BCUT2D eigenvalue weighted by Gasteiger charge is -2.23. The fraction of sp³-hybridized carbons (Fsp3) is 0.235. The van der Waals surface area contributed by atoms with Gasteiger partial charge in [0.15, 0.2) is 6.17 Å². The van der Waals surface area contributed by atoms with Crippen molar-refractivity contribution in [2.24, 2.45) is 4.99 Å². The van der Waals surface area contributed by atoms with Crippen molar-refractivity contribution in [3.05, 3.63) is 59.1 Å². The highest BCUT2D eigenvalue weighted by Gasteiger charge is 2.42. The zero-order valence-corrected chi connectivity index (χ0v) is 13.5. The van der Waals surface area contributed by atoms with E-state index >= 15 is 0 Å². The van der Waals surface area contributed by atoms with Crippen LogP contribution in [-0.4, -0.2) is 50.1 Å². The summed E-state index contributed by atoms with van der Waals surface area (Å²) < 4.78 is 15.8. The maximum Gasteiger partial charge on any atom is 0.263 e. The van der Waals surface area contributed by atoms with Crippen molar-refractivity contribution in [3.8, 4) is 0 Å². The van der Waals surface area contributed by atoms with Crippen LogP contribution in [0.1, 0.15) is 20.7 Å². The van der Waals surface area contributed by atoms with Gasteiger partial charge in [0.25, 0.3) is 11.8 Å². The maximum atomic E-state index is 12.7. The van der Waals surface area contributed by atoms with Crippen LogP contribution in [0.15, 0.2) is 52.9 Å². The Bertz CT molecular complexity index is 759. The van der Waals surface area contributed by atoms with Gasteiger partial charge < -0.3 is 14.2 Å². The molecule has 0 saturated carbocycles. The third-order valence-corrected chi connectivity index (χ3v) is 3.80. The monoisotopic (exact) mass is 328 g/mol. The van der Waals surface area contributed by atoms with Gasteiger partial charge in [-0.25, -0.2) is 9.89 Å². The van der Waals surface area contributed by atoms with Gasteiger partial charge in [0.2, 0.25) is 5.90 Å². The number of fused-ring (bicyclic) bond motifs is 1. The summed E-state index contributed by atoms with van der Waals surface area (Å²) in [6, 6.07) is 6.65. The first kappa shape index (κ1) is 15.8. The molecular weight excluding hydrogens is 312 g/mol. The Kier molecular flexibility index (Phi) is 4.07. The number of allylic oxidation sites excluding steroid dienone is 1. The fourth-order valence-corrected chi connectivity index (χ4v) is 2.61. The molecule has 1 aromatic rings. The number of carbonyl (C=O) groups is 2. The van der Waals surface area contributed by atoms with E-state index in [9.17, 15) is 9.59 Å². The van der Waals surface area contributed by atoms with E-state index in [1.54, 1.807) is 36.4 Å². The molecule has 0 N–H and O–H groups in total. The van der Waals surface area contributed by atoms with Crippen LogP contribution in [-0.2, 0) is 14.2 Å². The number of ether oxygens (including phenoxy) is 3. The summed E-state index contributed by atoms with van der Waals surface area (Å²) in [7, 11) is 4.38. The van der Waals surface area contributed by atoms with E-state index in [1.807, 2.05) is 0 Å². The molecule has 0 bridgehead atoms. The van der Waals surface area contributed by atoms with Crippen molar-refractivity contribution in [1.29, 1.82) is 0 Å². The molecule has 1 aromatic carbocycles. The number of hydrogen-bond donors (Lipinski definition) is 0. The molecule has 1 unspecified atom stereocenters. The highest BCUT2D eigenvalue weighted by molar-refractivity contribution is 6.21. The number of benzene rings is 1. The van der Waals surface area contributed by atoms with Crippen molar-refractivity contribution in [2.75, 3.05) is 21.3 Å². The Labute approximate surface area is 138 Å². The molecule has 2 aliphatic rings. The first-order chi connectivity index (χ1) is 11.6. The van der Waals surface area contributed by atoms with Crippen molar-refractivity contribution < 1.29 is 23.8 Å². The first-order valence-electron chi connectivity index (χ1n) is 7.20. The second-order valence-electron chi connectivity index (χ2n) is 5.07. The van der Waals surface area contributed by atoms with Crippen LogP contribution < -0.4 is 0 Å². The Morgan fingerprint density at radius 3 is 2.04 bits per heavy atom. The average molecular weight is 328 g/mol. The Morgan fingerprint density at radius 1 is 0.917 bits per heavy atom. The summed E-state index contributed by atoms with van der Waals surface area (Å²) in [5.74, 6) is 0.0974. The van der Waals surface area contributed by atoms with Crippen molar-refractivity contribution in [1.82, 2.24) is 4.90 Å². The van der Waals surface area contributed by atoms with Crippen LogP contribution in [0.4, 0.5) is 0 Å². The Balaban J connectivity index is 2.08. The van der Waals surface area contributed by atoms with E-state index in [0.29, 0.717) is 22.6 Å². The van der Waals surface area contributed by atoms with Crippen molar-refractivity contribution in [2.45, 2.75) is 6.17 Å². The fourth-order valence-electron chi connectivity index (χ4n) is 2.61. The number of carbonyl (C=O) groups excluding carboxylic acids is 2. The number of aliphatic imine (C=N–C) groups is 1. The van der Waals surface area contributed by atoms with Gasteiger partial charge in [-0.15, -0.1) is 0 Å². The standard InChI is InChI=1S/C17H16N2O5/c1-22-10-8-13(23-2)15(18-14(9-10)24-3)19-16(20)11-6-4-5-7-12(11)17(19)21/h4-9,15H,1-3H3. The predicted octanol–water partition coefficient (Wildman–Crippen LogP) is 1.73. The largest absolute Gasteiger partial charge is 0.497 e. The van der Waals surface area contributed by atoms with E-state index in [2.05, 4.69) is 4.99 Å². The summed E-state index contributed by atoms with van der Waals surface area (Å²) in [5, 5.41) is 0. The summed E-state index contributed by atoms with van der Waals surface area (Å²) in [4.78, 5) is 30.8. The molecule has 0 saturated heterocycles. The van der Waals surface area contributed by atoms with Crippen molar-refractivity contribution in [3.63, 3.8) is 0 Å². The quantitative estimate of drug-likeness (QED) is 0.790. The van der Waals surface area contributed by atoms with E-state index in [4.69, 9.17) is 14.2 Å². The van der Waals surface area contributed by atoms with Crippen LogP contribution in [0.25, 0.3) is 0 Å². The molecule has 1 atom stereocenters. The molecular formula is C17H16N2O5. The van der Waals surface area contributed by atoms with Gasteiger partial charge in [-0.3, -0.25) is 9.59 Å². The maximum absolute atomic E-state index is 12.7. The normalized spacial score (nSPS) is 19.9. The van der Waals surface area contributed by atoms with E-state index in [-0.39, 0.29) is 5.90 Å². The molecule has 0 aromatic heterocycles. The number of imide groups is 1. The smallest absolute Gasteiger partial charge is 0.263 e. The van der Waals surface area contributed by atoms with Gasteiger partial charge in [0.1, 0.15) is 11.5 Å². The second kappa shape index (κ2) is 6.19. The minimum atomic E-state index is -0.971. The van der Waals surface area contributed by atoms with Crippen molar-refractivity contribution >= 4 is 17.7 Å². The number of hydrogen-bond acceptors (Lipinski definition) is 6. The Morgan fingerprint density at radius 2 is 1.54 bits per heavy atom. The Hall–Kier alpha value is -3.09. The summed E-state index contributed by atoms with van der Waals surface area (Å²) in [6.07, 6.45) is 2.15. The van der Waals surface area contributed by atoms with Crippen LogP contribution in [0.3, 0.4) is 0 Å². The lowest BCUT2D eigenvalue weighted by molar-refractivity contribution is 0.0567. The minimum absolute atomic E-state index is 0.219. The number of rotatable bonds is 3. The minimum Gasteiger partial charge on any atom is -0.497 e. The zero-order valence-electron chi connectivity index (χ0n) is 13.5. The average Bonchev–Trinajstić information content (AvgIpc) is 2.76. The molecule has 2 amide bonds. The predicted molar refractivity (Wildman–Crippen MR) is 85.4 cm³/mol. The molecule has 0 aliphatic carbocycles. The third-order valence-electron chi connectivity index (χ3n) is 3.80. The highest BCUT2D eigenvalue weighted by atomic mass is 16.5. The molecule has 0 fully saturated rings. The van der Waals surface area contributed by atoms with Gasteiger partial charge in [-0.05, 0) is 12.1 Å². The molecule has 124 valence electrons. The third kappa shape index (κ3) is 2.44. The number of nitrogens with zero attached hydrogens (tertiary/aromatic N) is 2. The molecule has 0 radical (unpaired) electrons. The SMILES string of the molecule is COC1=CC(OC)=NC(N2C(=O)c3ccccc3C2=O)C(OC)=C1. The summed E-state index contributed by atoms with van der Waals surface area (Å²) in [6.45, 7) is 0. The van der Waals surface area contributed by atoms with Crippen LogP contribution in [0, 0.1) is 0 Å². The van der Waals surface area contributed by atoms with Crippen LogP contribution >= 0.6 is 0 Å². The van der Waals surface area contributed by atoms with Crippen LogP contribution in [0.2, 0.25) is 0 Å². The van der Waals surface area contributed by atoms with Gasteiger partial charge in [-0.2, -0.15) is 0 Å². The van der Waals surface area contributed by atoms with Gasteiger partial charge in [0, 0.05) is 12.2 Å². The second-order valence-corrected chi connectivity index (χ2v) is 5.07. The lowest BCUT2D eigenvalue weighted by atomic mass is 10.1. The van der Waals surface area contributed by atoms with Gasteiger partial charge in [0.05, 0.1) is 32.5 Å². The van der Waals surface area contributed by atoms with Gasteiger partial charge >= 0.3 is 0 Å². The van der Waals surface area contributed by atoms with E-state index < -0.39 is 18.0 Å². The summed E-state index contributed by atoms with van der Waals surface area (Å²) >= 11 is 0. The first-order valence-corrected chi connectivity index (χ1v) is 7.20. The van der Waals surface area contributed by atoms with E-state index in [1.165, 1.54) is 21.3 Å². The van der Waals surface area contributed by atoms with Crippen LogP contribution in [0.5, 0.6) is 0 Å². The molecule has 7 nitrogen and oxygen atoms in total. The number of methoxy groups -OCH3 is 3. The molecule has 2 aliphatic heterocycles. The molecule has 2 heterocycles. The molecule has 7 heteroatoms. The van der Waals surface area contributed by atoms with Gasteiger partial charge in [-0.1, -0.05) is 12.1 Å². The molecule has 3 rings (SSSR count). The molecule has 0 spiro atoms. The molecule has 24 heavy (non-hydrogen) atoms. The number of amides is 2. The zero-order chi connectivity index (χ0) is 17.3. The topological polar surface area (TPSA) is 77.4 Å². The van der Waals surface area contributed by atoms with E-state index in [0.717, 1.165) is 4.90 Å². The summed E-state index contributed by atoms with van der Waals surface area (Å²) in [5.41, 5.74) is 0.688. The lowest BCUT2D eigenvalue weighted by Crippen LogP contribution is -2.40. The highest BCUT2D eigenvalue weighted by Crippen LogP contribution is 2.29.